The Labute approximate surface area is 127 Å². The summed E-state index contributed by atoms with van der Waals surface area (Å²) in [6, 6.07) is 0.592. The minimum absolute atomic E-state index is 0.00810. The summed E-state index contributed by atoms with van der Waals surface area (Å²) in [4.78, 5) is 8.21. The van der Waals surface area contributed by atoms with Crippen molar-refractivity contribution >= 4 is 16.5 Å². The van der Waals surface area contributed by atoms with Gasteiger partial charge in [-0.3, -0.25) is 0 Å². The van der Waals surface area contributed by atoms with Gasteiger partial charge in [0.05, 0.1) is 17.2 Å². The second kappa shape index (κ2) is 6.02. The van der Waals surface area contributed by atoms with E-state index in [0.717, 1.165) is 21.6 Å². The number of aliphatic hydroxyl groups is 1. The van der Waals surface area contributed by atoms with Gasteiger partial charge in [-0.1, -0.05) is 51.9 Å². The van der Waals surface area contributed by atoms with Crippen molar-refractivity contribution in [3.05, 3.63) is 10.6 Å². The Bertz CT molecular complexity index is 450. The molecule has 0 saturated heterocycles. The monoisotopic (exact) mass is 296 g/mol. The second-order valence-electron chi connectivity index (χ2n) is 7.12. The average Bonchev–Trinajstić information content (AvgIpc) is 2.82. The predicted octanol–water partition coefficient (Wildman–Crippen LogP) is 3.95. The van der Waals surface area contributed by atoms with Crippen molar-refractivity contribution in [2.45, 2.75) is 71.4 Å². The molecule has 4 heteroatoms. The van der Waals surface area contributed by atoms with Crippen molar-refractivity contribution in [1.82, 2.24) is 4.98 Å². The standard InChI is InChI=1S/C16H28N2OS/c1-11-8-6-7-9-12(11)18(5)15-17-14(16(2,3)4)13(10-19)20-15/h11-12,19H,6-10H2,1-5H3. The van der Waals surface area contributed by atoms with E-state index in [2.05, 4.69) is 39.6 Å². The molecular weight excluding hydrogens is 268 g/mol. The summed E-state index contributed by atoms with van der Waals surface area (Å²) in [5.74, 6) is 0.730. The molecule has 1 N–H and O–H groups in total. The Morgan fingerprint density at radius 3 is 2.45 bits per heavy atom. The van der Waals surface area contributed by atoms with Crippen LogP contribution in [0.4, 0.5) is 5.13 Å². The van der Waals surface area contributed by atoms with E-state index in [0.29, 0.717) is 6.04 Å². The van der Waals surface area contributed by atoms with Gasteiger partial charge in [-0.15, -0.1) is 0 Å². The first kappa shape index (κ1) is 15.8. The van der Waals surface area contributed by atoms with Crippen LogP contribution in [0.1, 0.15) is 63.9 Å². The fraction of sp³-hybridized carbons (Fsp3) is 0.812. The maximum absolute atomic E-state index is 9.59. The molecule has 1 saturated carbocycles. The third-order valence-corrected chi connectivity index (χ3v) is 5.54. The van der Waals surface area contributed by atoms with E-state index in [1.54, 1.807) is 11.3 Å². The van der Waals surface area contributed by atoms with Crippen LogP contribution >= 0.6 is 11.3 Å². The van der Waals surface area contributed by atoms with Gasteiger partial charge in [-0.05, 0) is 18.8 Å². The first-order chi connectivity index (χ1) is 9.34. The summed E-state index contributed by atoms with van der Waals surface area (Å²) in [7, 11) is 2.17. The lowest BCUT2D eigenvalue weighted by Gasteiger charge is -2.36. The van der Waals surface area contributed by atoms with Gasteiger partial charge in [-0.25, -0.2) is 4.98 Å². The molecular formula is C16H28N2OS. The minimum atomic E-state index is -0.00810. The molecule has 0 aliphatic heterocycles. The van der Waals surface area contributed by atoms with Crippen LogP contribution in [-0.2, 0) is 12.0 Å². The van der Waals surface area contributed by atoms with E-state index in [1.165, 1.54) is 25.7 Å². The number of hydrogen-bond donors (Lipinski definition) is 1. The molecule has 2 atom stereocenters. The van der Waals surface area contributed by atoms with E-state index in [1.807, 2.05) is 0 Å². The predicted molar refractivity (Wildman–Crippen MR) is 86.6 cm³/mol. The van der Waals surface area contributed by atoms with E-state index < -0.39 is 0 Å². The minimum Gasteiger partial charge on any atom is -0.391 e. The molecule has 1 aliphatic rings. The summed E-state index contributed by atoms with van der Waals surface area (Å²) in [6.07, 6.45) is 5.26. The van der Waals surface area contributed by atoms with Crippen molar-refractivity contribution in [3.63, 3.8) is 0 Å². The van der Waals surface area contributed by atoms with Crippen molar-refractivity contribution in [2.24, 2.45) is 5.92 Å². The first-order valence-corrected chi connectivity index (χ1v) is 8.50. The smallest absolute Gasteiger partial charge is 0.185 e. The van der Waals surface area contributed by atoms with Crippen LogP contribution in [0.5, 0.6) is 0 Å². The molecule has 2 unspecified atom stereocenters. The van der Waals surface area contributed by atoms with Crippen molar-refractivity contribution < 1.29 is 5.11 Å². The lowest BCUT2D eigenvalue weighted by molar-refractivity contribution is 0.282. The number of rotatable bonds is 3. The van der Waals surface area contributed by atoms with Crippen LogP contribution in [0.25, 0.3) is 0 Å². The maximum atomic E-state index is 9.59. The molecule has 0 aromatic carbocycles. The molecule has 1 heterocycles. The number of nitrogens with zero attached hydrogens (tertiary/aromatic N) is 2. The summed E-state index contributed by atoms with van der Waals surface area (Å²) in [5, 5.41) is 10.7. The highest BCUT2D eigenvalue weighted by Crippen LogP contribution is 2.37. The topological polar surface area (TPSA) is 36.4 Å². The molecule has 3 nitrogen and oxygen atoms in total. The van der Waals surface area contributed by atoms with Crippen LogP contribution in [-0.4, -0.2) is 23.2 Å². The Morgan fingerprint density at radius 1 is 1.30 bits per heavy atom. The largest absolute Gasteiger partial charge is 0.391 e. The zero-order valence-electron chi connectivity index (χ0n) is 13.4. The van der Waals surface area contributed by atoms with Crippen LogP contribution in [0, 0.1) is 5.92 Å². The fourth-order valence-electron chi connectivity index (χ4n) is 3.20. The Hall–Kier alpha value is -0.610. The number of anilines is 1. The summed E-state index contributed by atoms with van der Waals surface area (Å²) in [5.41, 5.74) is 1.04. The molecule has 1 aromatic rings. The average molecular weight is 296 g/mol. The molecule has 1 aliphatic carbocycles. The second-order valence-corrected chi connectivity index (χ2v) is 8.18. The Kier molecular flexibility index (Phi) is 4.75. The van der Waals surface area contributed by atoms with Gasteiger partial charge >= 0.3 is 0 Å². The number of thiazole rings is 1. The van der Waals surface area contributed by atoms with Crippen molar-refractivity contribution in [2.75, 3.05) is 11.9 Å². The number of aliphatic hydroxyl groups excluding tert-OH is 1. The van der Waals surface area contributed by atoms with Gasteiger partial charge in [-0.2, -0.15) is 0 Å². The zero-order valence-corrected chi connectivity index (χ0v) is 14.3. The van der Waals surface area contributed by atoms with E-state index in [9.17, 15) is 5.11 Å². The van der Waals surface area contributed by atoms with Gasteiger partial charge in [0, 0.05) is 18.5 Å². The third-order valence-electron chi connectivity index (χ3n) is 4.41. The quantitative estimate of drug-likeness (QED) is 0.917. The van der Waals surface area contributed by atoms with E-state index in [-0.39, 0.29) is 12.0 Å². The highest BCUT2D eigenvalue weighted by Gasteiger charge is 2.29. The van der Waals surface area contributed by atoms with Gasteiger partial charge < -0.3 is 10.0 Å². The van der Waals surface area contributed by atoms with Crippen LogP contribution in [0.3, 0.4) is 0 Å². The van der Waals surface area contributed by atoms with Gasteiger partial charge in [0.2, 0.25) is 0 Å². The zero-order chi connectivity index (χ0) is 14.9. The van der Waals surface area contributed by atoms with Crippen molar-refractivity contribution in [3.8, 4) is 0 Å². The molecule has 2 rings (SSSR count). The van der Waals surface area contributed by atoms with Gasteiger partial charge in [0.25, 0.3) is 0 Å². The Balaban J connectivity index is 2.26. The molecule has 20 heavy (non-hydrogen) atoms. The molecule has 1 fully saturated rings. The van der Waals surface area contributed by atoms with Gasteiger partial charge in [0.15, 0.2) is 5.13 Å². The van der Waals surface area contributed by atoms with Crippen LogP contribution in [0.2, 0.25) is 0 Å². The molecule has 0 spiro atoms. The van der Waals surface area contributed by atoms with Gasteiger partial charge in [0.1, 0.15) is 0 Å². The number of hydrogen-bond acceptors (Lipinski definition) is 4. The van der Waals surface area contributed by atoms with E-state index in [4.69, 9.17) is 4.98 Å². The van der Waals surface area contributed by atoms with Crippen LogP contribution < -0.4 is 4.90 Å². The maximum Gasteiger partial charge on any atom is 0.185 e. The normalized spacial score (nSPS) is 23.9. The SMILES string of the molecule is CC1CCCCC1N(C)c1nc(C(C)(C)C)c(CO)s1. The first-order valence-electron chi connectivity index (χ1n) is 7.68. The number of aromatic nitrogens is 1. The highest BCUT2D eigenvalue weighted by molar-refractivity contribution is 7.15. The fourth-order valence-corrected chi connectivity index (χ4v) is 4.35. The summed E-state index contributed by atoms with van der Waals surface area (Å²) in [6.45, 7) is 8.93. The van der Waals surface area contributed by atoms with E-state index >= 15 is 0 Å². The third kappa shape index (κ3) is 3.17. The van der Waals surface area contributed by atoms with Crippen molar-refractivity contribution in [1.29, 1.82) is 0 Å². The lowest BCUT2D eigenvalue weighted by atomic mass is 9.85. The summed E-state index contributed by atoms with van der Waals surface area (Å²) >= 11 is 1.65. The molecule has 0 amide bonds. The Morgan fingerprint density at radius 2 is 1.95 bits per heavy atom. The summed E-state index contributed by atoms with van der Waals surface area (Å²) < 4.78 is 0. The molecule has 1 aromatic heterocycles. The highest BCUT2D eigenvalue weighted by atomic mass is 32.1. The molecule has 0 radical (unpaired) electrons. The molecule has 0 bridgehead atoms. The molecule has 114 valence electrons. The van der Waals surface area contributed by atoms with Crippen LogP contribution in [0.15, 0.2) is 0 Å². The lowest BCUT2D eigenvalue weighted by Crippen LogP contribution is -2.39.